The third kappa shape index (κ3) is 2.89. The Bertz CT molecular complexity index is 535. The van der Waals surface area contributed by atoms with Crippen molar-refractivity contribution in [2.45, 2.75) is 50.4 Å². The predicted molar refractivity (Wildman–Crippen MR) is 87.5 cm³/mol. The van der Waals surface area contributed by atoms with Crippen molar-refractivity contribution in [1.82, 2.24) is 19.1 Å². The van der Waals surface area contributed by atoms with Crippen LogP contribution in [0.5, 0.6) is 0 Å². The first-order valence-electron chi connectivity index (χ1n) is 7.81. The topological polar surface area (TPSA) is 35.6 Å². The molecular weight excluding hydrogens is 280 g/mol. The molecule has 2 aromatic rings. The summed E-state index contributed by atoms with van der Waals surface area (Å²) in [7, 11) is 0. The number of imidazole rings is 2. The lowest BCUT2D eigenvalue weighted by Gasteiger charge is -2.37. The van der Waals surface area contributed by atoms with Crippen LogP contribution in [0.1, 0.15) is 45.2 Å². The van der Waals surface area contributed by atoms with E-state index >= 15 is 0 Å². The monoisotopic (exact) mass is 304 g/mol. The van der Waals surface area contributed by atoms with Gasteiger partial charge in [-0.05, 0) is 24.7 Å². The van der Waals surface area contributed by atoms with Crippen LogP contribution in [0.3, 0.4) is 0 Å². The Labute approximate surface area is 132 Å². The van der Waals surface area contributed by atoms with Crippen LogP contribution in [0.2, 0.25) is 0 Å². The summed E-state index contributed by atoms with van der Waals surface area (Å²) in [6.07, 6.45) is 15.4. The van der Waals surface area contributed by atoms with Crippen molar-refractivity contribution in [3.8, 4) is 0 Å². The van der Waals surface area contributed by atoms with Crippen LogP contribution in [-0.2, 0) is 0 Å². The highest BCUT2D eigenvalue weighted by atomic mass is 32.1. The zero-order valence-corrected chi connectivity index (χ0v) is 13.6. The Morgan fingerprint density at radius 2 is 1.62 bits per heavy atom. The molecule has 0 saturated heterocycles. The van der Waals surface area contributed by atoms with E-state index in [1.165, 1.54) is 12.8 Å². The summed E-state index contributed by atoms with van der Waals surface area (Å²) in [6, 6.07) is 0.701. The minimum absolute atomic E-state index is 0.319. The van der Waals surface area contributed by atoms with Gasteiger partial charge in [0, 0.05) is 30.0 Å². The van der Waals surface area contributed by atoms with E-state index in [2.05, 4.69) is 45.3 Å². The maximum atomic E-state index is 4.93. The first-order chi connectivity index (χ1) is 10.2. The first-order valence-corrected chi connectivity index (χ1v) is 8.33. The van der Waals surface area contributed by atoms with Gasteiger partial charge in [-0.25, -0.2) is 9.97 Å². The van der Waals surface area contributed by atoms with Crippen molar-refractivity contribution >= 4 is 12.6 Å². The molecule has 1 fully saturated rings. The SMILES string of the molecule is CC(C)C1CCCC(S)C(n2ccnc2)C1n1ccnc1. The zero-order valence-electron chi connectivity index (χ0n) is 12.7. The average molecular weight is 304 g/mol. The normalized spacial score (nSPS) is 30.5. The molecule has 5 heteroatoms. The van der Waals surface area contributed by atoms with Crippen molar-refractivity contribution in [1.29, 1.82) is 0 Å². The molecule has 1 aliphatic rings. The molecule has 0 amide bonds. The molecule has 0 radical (unpaired) electrons. The summed E-state index contributed by atoms with van der Waals surface area (Å²) >= 11 is 4.93. The van der Waals surface area contributed by atoms with E-state index < -0.39 is 0 Å². The first kappa shape index (κ1) is 14.7. The average Bonchev–Trinajstić information content (AvgIpc) is 3.11. The van der Waals surface area contributed by atoms with Crippen LogP contribution in [0.15, 0.2) is 37.4 Å². The molecule has 0 N–H and O–H groups in total. The Morgan fingerprint density at radius 3 is 2.14 bits per heavy atom. The molecular formula is C16H24N4S. The summed E-state index contributed by atoms with van der Waals surface area (Å²) in [4.78, 5) is 8.53. The van der Waals surface area contributed by atoms with Crippen molar-refractivity contribution in [2.75, 3.05) is 0 Å². The standard InChI is InChI=1S/C16H24N4S/c1-12(2)13-4-3-5-14(21)16(20-9-7-18-11-20)15(13)19-8-6-17-10-19/h6-16,21H,3-5H2,1-2H3. The van der Waals surface area contributed by atoms with Crippen LogP contribution >= 0.6 is 12.6 Å². The van der Waals surface area contributed by atoms with Gasteiger partial charge in [-0.1, -0.05) is 20.3 Å². The number of thiol groups is 1. The lowest BCUT2D eigenvalue weighted by Crippen LogP contribution is -2.33. The molecule has 114 valence electrons. The fraction of sp³-hybridized carbons (Fsp3) is 0.625. The van der Waals surface area contributed by atoms with Gasteiger partial charge in [0.05, 0.1) is 24.7 Å². The molecule has 0 aromatic carbocycles. The summed E-state index contributed by atoms with van der Waals surface area (Å²) in [5.74, 6) is 1.27. The Kier molecular flexibility index (Phi) is 4.38. The van der Waals surface area contributed by atoms with E-state index in [9.17, 15) is 0 Å². The highest BCUT2D eigenvalue weighted by molar-refractivity contribution is 7.81. The third-order valence-electron chi connectivity index (χ3n) is 4.81. The number of nitrogens with zero attached hydrogens (tertiary/aromatic N) is 4. The van der Waals surface area contributed by atoms with Gasteiger partial charge in [0.25, 0.3) is 0 Å². The van der Waals surface area contributed by atoms with Crippen molar-refractivity contribution in [3.63, 3.8) is 0 Å². The van der Waals surface area contributed by atoms with Gasteiger partial charge in [0.15, 0.2) is 0 Å². The van der Waals surface area contributed by atoms with E-state index in [1.807, 2.05) is 25.0 Å². The Morgan fingerprint density at radius 1 is 1.00 bits per heavy atom. The molecule has 2 heterocycles. The van der Waals surface area contributed by atoms with E-state index in [-0.39, 0.29) is 0 Å². The van der Waals surface area contributed by atoms with Crippen LogP contribution in [-0.4, -0.2) is 24.4 Å². The van der Waals surface area contributed by atoms with E-state index in [0.29, 0.717) is 29.2 Å². The zero-order chi connectivity index (χ0) is 14.8. The molecule has 3 rings (SSSR count). The molecule has 1 aliphatic carbocycles. The number of hydrogen-bond acceptors (Lipinski definition) is 3. The Balaban J connectivity index is 2.06. The maximum absolute atomic E-state index is 4.93. The molecule has 4 nitrogen and oxygen atoms in total. The van der Waals surface area contributed by atoms with Gasteiger partial charge >= 0.3 is 0 Å². The smallest absolute Gasteiger partial charge is 0.0949 e. The molecule has 2 aromatic heterocycles. The highest BCUT2D eigenvalue weighted by Crippen LogP contribution is 2.44. The second-order valence-electron chi connectivity index (χ2n) is 6.41. The fourth-order valence-electron chi connectivity index (χ4n) is 3.78. The summed E-state index contributed by atoms with van der Waals surface area (Å²) in [5.41, 5.74) is 0. The summed E-state index contributed by atoms with van der Waals surface area (Å²) in [5, 5.41) is 0.343. The van der Waals surface area contributed by atoms with Crippen molar-refractivity contribution < 1.29 is 0 Å². The minimum Gasteiger partial charge on any atom is -0.332 e. The highest BCUT2D eigenvalue weighted by Gasteiger charge is 2.39. The van der Waals surface area contributed by atoms with E-state index in [4.69, 9.17) is 12.6 Å². The van der Waals surface area contributed by atoms with Crippen LogP contribution in [0, 0.1) is 11.8 Å². The molecule has 0 aliphatic heterocycles. The summed E-state index contributed by atoms with van der Waals surface area (Å²) in [6.45, 7) is 4.66. The van der Waals surface area contributed by atoms with Gasteiger partial charge in [-0.15, -0.1) is 0 Å². The molecule has 1 saturated carbocycles. The molecule has 0 spiro atoms. The van der Waals surface area contributed by atoms with E-state index in [0.717, 1.165) is 6.42 Å². The molecule has 0 bridgehead atoms. The minimum atomic E-state index is 0.319. The molecule has 4 atom stereocenters. The van der Waals surface area contributed by atoms with Crippen molar-refractivity contribution in [2.24, 2.45) is 11.8 Å². The predicted octanol–water partition coefficient (Wildman–Crippen LogP) is 3.62. The fourth-order valence-corrected chi connectivity index (χ4v) is 4.29. The van der Waals surface area contributed by atoms with Crippen molar-refractivity contribution in [3.05, 3.63) is 37.4 Å². The number of hydrogen-bond donors (Lipinski definition) is 1. The third-order valence-corrected chi connectivity index (χ3v) is 5.38. The second kappa shape index (κ2) is 6.26. The van der Waals surface area contributed by atoms with Gasteiger partial charge in [-0.3, -0.25) is 0 Å². The van der Waals surface area contributed by atoms with Gasteiger partial charge in [0.1, 0.15) is 0 Å². The lowest BCUT2D eigenvalue weighted by atomic mass is 9.82. The van der Waals surface area contributed by atoms with E-state index in [1.54, 1.807) is 0 Å². The Hall–Kier alpha value is -1.23. The second-order valence-corrected chi connectivity index (χ2v) is 7.07. The van der Waals surface area contributed by atoms with Gasteiger partial charge < -0.3 is 9.13 Å². The van der Waals surface area contributed by atoms with Gasteiger partial charge in [-0.2, -0.15) is 12.6 Å². The van der Waals surface area contributed by atoms with Crippen LogP contribution in [0.4, 0.5) is 0 Å². The quantitative estimate of drug-likeness (QED) is 0.694. The molecule has 21 heavy (non-hydrogen) atoms. The molecule has 4 unspecified atom stereocenters. The maximum Gasteiger partial charge on any atom is 0.0949 e. The van der Waals surface area contributed by atoms with Crippen LogP contribution < -0.4 is 0 Å². The lowest BCUT2D eigenvalue weighted by molar-refractivity contribution is 0.187. The number of aromatic nitrogens is 4. The largest absolute Gasteiger partial charge is 0.332 e. The summed E-state index contributed by atoms with van der Waals surface area (Å²) < 4.78 is 4.52. The van der Waals surface area contributed by atoms with Gasteiger partial charge in [0.2, 0.25) is 0 Å². The number of rotatable bonds is 3. The van der Waals surface area contributed by atoms with Crippen LogP contribution in [0.25, 0.3) is 0 Å².